The number of aromatic nitrogens is 2. The van der Waals surface area contributed by atoms with E-state index in [9.17, 15) is 13.7 Å². The molecule has 0 spiro atoms. The predicted molar refractivity (Wildman–Crippen MR) is 139 cm³/mol. The SMILES string of the molecule is Cn1cncc1CN1C[C@@H](Cc2ccccc2)N(S(=O)(=O)c2ccccc2)Cc2cc(C#N)ccc21. The molecule has 4 aromatic rings. The van der Waals surface area contributed by atoms with E-state index in [4.69, 9.17) is 0 Å². The molecule has 1 atom stereocenters. The molecule has 0 fully saturated rings. The first-order chi connectivity index (χ1) is 17.5. The van der Waals surface area contributed by atoms with Crippen molar-refractivity contribution >= 4 is 15.7 Å². The summed E-state index contributed by atoms with van der Waals surface area (Å²) in [5.74, 6) is 0. The second-order valence-corrected chi connectivity index (χ2v) is 10.9. The monoisotopic (exact) mass is 497 g/mol. The Morgan fingerprint density at radius 1 is 1.03 bits per heavy atom. The zero-order chi connectivity index (χ0) is 25.1. The van der Waals surface area contributed by atoms with Crippen molar-refractivity contribution in [3.63, 3.8) is 0 Å². The molecule has 1 aliphatic heterocycles. The molecular weight excluding hydrogens is 470 g/mol. The van der Waals surface area contributed by atoms with E-state index >= 15 is 0 Å². The number of sulfonamides is 1. The molecule has 3 aromatic carbocycles. The van der Waals surface area contributed by atoms with Crippen LogP contribution in [-0.4, -0.2) is 34.9 Å². The largest absolute Gasteiger partial charge is 0.364 e. The van der Waals surface area contributed by atoms with E-state index in [2.05, 4.69) is 16.0 Å². The van der Waals surface area contributed by atoms with E-state index in [0.29, 0.717) is 25.1 Å². The van der Waals surface area contributed by atoms with Crippen LogP contribution >= 0.6 is 0 Å². The van der Waals surface area contributed by atoms with Gasteiger partial charge in [0.05, 0.1) is 35.1 Å². The molecule has 36 heavy (non-hydrogen) atoms. The third kappa shape index (κ3) is 4.76. The highest BCUT2D eigenvalue weighted by molar-refractivity contribution is 7.89. The summed E-state index contributed by atoms with van der Waals surface area (Å²) >= 11 is 0. The molecule has 0 bridgehead atoms. The van der Waals surface area contributed by atoms with Crippen LogP contribution in [0.3, 0.4) is 0 Å². The van der Waals surface area contributed by atoms with Gasteiger partial charge < -0.3 is 9.47 Å². The summed E-state index contributed by atoms with van der Waals surface area (Å²) in [4.78, 5) is 6.74. The molecule has 0 N–H and O–H groups in total. The fraction of sp³-hybridized carbons (Fsp3) is 0.214. The van der Waals surface area contributed by atoms with Crippen LogP contribution in [0.1, 0.15) is 22.4 Å². The second kappa shape index (κ2) is 9.97. The van der Waals surface area contributed by atoms with Crippen molar-refractivity contribution in [2.75, 3.05) is 11.4 Å². The maximum atomic E-state index is 14.0. The Kier molecular flexibility index (Phi) is 6.59. The van der Waals surface area contributed by atoms with Crippen molar-refractivity contribution in [1.29, 1.82) is 5.26 Å². The molecular formula is C28H27N5O2S. The van der Waals surface area contributed by atoms with Crippen LogP contribution in [0, 0.1) is 11.3 Å². The number of benzene rings is 3. The average Bonchev–Trinajstić information content (AvgIpc) is 3.24. The van der Waals surface area contributed by atoms with Crippen LogP contribution in [0.4, 0.5) is 5.69 Å². The molecule has 182 valence electrons. The number of anilines is 1. The summed E-state index contributed by atoms with van der Waals surface area (Å²) in [6.45, 7) is 1.24. The molecule has 7 nitrogen and oxygen atoms in total. The zero-order valence-electron chi connectivity index (χ0n) is 20.0. The Balaban J connectivity index is 1.63. The fourth-order valence-corrected chi connectivity index (χ4v) is 6.39. The van der Waals surface area contributed by atoms with Gasteiger partial charge in [0, 0.05) is 38.1 Å². The van der Waals surface area contributed by atoms with Gasteiger partial charge in [-0.2, -0.15) is 9.57 Å². The Hall–Kier alpha value is -3.93. The molecule has 0 amide bonds. The lowest BCUT2D eigenvalue weighted by Gasteiger charge is -2.32. The van der Waals surface area contributed by atoms with Crippen LogP contribution in [0.15, 0.2) is 96.3 Å². The Morgan fingerprint density at radius 2 is 1.75 bits per heavy atom. The number of nitriles is 1. The normalized spacial score (nSPS) is 16.2. The van der Waals surface area contributed by atoms with Gasteiger partial charge in [0.2, 0.25) is 10.0 Å². The third-order valence-corrected chi connectivity index (χ3v) is 8.56. The third-order valence-electron chi connectivity index (χ3n) is 6.65. The molecule has 0 saturated carbocycles. The van der Waals surface area contributed by atoms with Crippen molar-refractivity contribution in [2.24, 2.45) is 7.05 Å². The Labute approximate surface area is 211 Å². The van der Waals surface area contributed by atoms with Crippen LogP contribution in [-0.2, 0) is 36.6 Å². The molecule has 8 heteroatoms. The van der Waals surface area contributed by atoms with Crippen molar-refractivity contribution in [3.8, 4) is 6.07 Å². The highest BCUT2D eigenvalue weighted by Crippen LogP contribution is 2.33. The summed E-state index contributed by atoms with van der Waals surface area (Å²) < 4.78 is 31.6. The van der Waals surface area contributed by atoms with Crippen LogP contribution in [0.5, 0.6) is 0 Å². The van der Waals surface area contributed by atoms with Gasteiger partial charge in [-0.25, -0.2) is 13.4 Å². The molecule has 2 heterocycles. The average molecular weight is 498 g/mol. The number of fused-ring (bicyclic) bond motifs is 1. The minimum absolute atomic E-state index is 0.182. The first-order valence-electron chi connectivity index (χ1n) is 11.8. The smallest absolute Gasteiger partial charge is 0.243 e. The first-order valence-corrected chi connectivity index (χ1v) is 13.2. The lowest BCUT2D eigenvalue weighted by atomic mass is 10.1. The Bertz CT molecular complexity index is 1490. The fourth-order valence-electron chi connectivity index (χ4n) is 4.77. The van der Waals surface area contributed by atoms with Crippen LogP contribution < -0.4 is 4.90 Å². The molecule has 0 saturated heterocycles. The molecule has 1 aromatic heterocycles. The van der Waals surface area contributed by atoms with E-state index in [1.54, 1.807) is 41.0 Å². The van der Waals surface area contributed by atoms with Gasteiger partial charge in [-0.15, -0.1) is 0 Å². The minimum atomic E-state index is -3.80. The number of rotatable bonds is 6. The summed E-state index contributed by atoms with van der Waals surface area (Å²) in [7, 11) is -1.85. The van der Waals surface area contributed by atoms with E-state index < -0.39 is 10.0 Å². The summed E-state index contributed by atoms with van der Waals surface area (Å²) in [5.41, 5.74) is 4.33. The van der Waals surface area contributed by atoms with Crippen molar-refractivity contribution in [2.45, 2.75) is 30.4 Å². The molecule has 0 unspecified atom stereocenters. The quantitative estimate of drug-likeness (QED) is 0.400. The first kappa shape index (κ1) is 23.8. The Morgan fingerprint density at radius 3 is 2.42 bits per heavy atom. The zero-order valence-corrected chi connectivity index (χ0v) is 20.8. The molecule has 5 rings (SSSR count). The maximum absolute atomic E-state index is 14.0. The van der Waals surface area contributed by atoms with Crippen molar-refractivity contribution in [1.82, 2.24) is 13.9 Å². The van der Waals surface area contributed by atoms with Crippen LogP contribution in [0.25, 0.3) is 0 Å². The van der Waals surface area contributed by atoms with Crippen molar-refractivity contribution < 1.29 is 8.42 Å². The summed E-state index contributed by atoms with van der Waals surface area (Å²) in [5, 5.41) is 9.56. The molecule has 0 aliphatic carbocycles. The topological polar surface area (TPSA) is 82.2 Å². The van der Waals surface area contributed by atoms with Crippen LogP contribution in [0.2, 0.25) is 0 Å². The van der Waals surface area contributed by atoms with Gasteiger partial charge >= 0.3 is 0 Å². The maximum Gasteiger partial charge on any atom is 0.243 e. The second-order valence-electron chi connectivity index (χ2n) is 9.04. The highest BCUT2D eigenvalue weighted by atomic mass is 32.2. The number of hydrogen-bond donors (Lipinski definition) is 0. The number of aryl methyl sites for hydroxylation is 1. The van der Waals surface area contributed by atoms with Gasteiger partial charge in [-0.05, 0) is 47.9 Å². The van der Waals surface area contributed by atoms with Gasteiger partial charge in [-0.1, -0.05) is 48.5 Å². The van der Waals surface area contributed by atoms with E-state index in [-0.39, 0.29) is 17.5 Å². The highest BCUT2D eigenvalue weighted by Gasteiger charge is 2.36. The van der Waals surface area contributed by atoms with E-state index in [1.165, 1.54) is 0 Å². The van der Waals surface area contributed by atoms with Gasteiger partial charge in [0.25, 0.3) is 0 Å². The van der Waals surface area contributed by atoms with Gasteiger partial charge in [-0.3, -0.25) is 0 Å². The standard InChI is InChI=1S/C28H27N5O2S/c1-31-21-30-17-26(31)20-32-19-25(15-22-8-4-2-5-9-22)33(36(34,35)27-10-6-3-7-11-27)18-24-14-23(16-29)12-13-28(24)32/h2-14,17,21,25H,15,18-20H2,1H3/t25-/m1/s1. The number of nitrogens with zero attached hydrogens (tertiary/aromatic N) is 5. The molecule has 1 aliphatic rings. The lowest BCUT2D eigenvalue weighted by Crippen LogP contribution is -2.45. The summed E-state index contributed by atoms with van der Waals surface area (Å²) in [6, 6.07) is 26.0. The summed E-state index contributed by atoms with van der Waals surface area (Å²) in [6.07, 6.45) is 4.16. The predicted octanol–water partition coefficient (Wildman–Crippen LogP) is 4.11. The van der Waals surface area contributed by atoms with E-state index in [1.807, 2.05) is 66.3 Å². The number of imidazole rings is 1. The van der Waals surface area contributed by atoms with Gasteiger partial charge in [0.1, 0.15) is 0 Å². The number of hydrogen-bond acceptors (Lipinski definition) is 5. The minimum Gasteiger partial charge on any atom is -0.364 e. The molecule has 0 radical (unpaired) electrons. The van der Waals surface area contributed by atoms with Crippen molar-refractivity contribution in [3.05, 3.63) is 114 Å². The van der Waals surface area contributed by atoms with Gasteiger partial charge in [0.15, 0.2) is 0 Å². The lowest BCUT2D eigenvalue weighted by molar-refractivity contribution is 0.317. The van der Waals surface area contributed by atoms with E-state index in [0.717, 1.165) is 22.5 Å².